The lowest BCUT2D eigenvalue weighted by Gasteiger charge is -2.16. The number of nitrogens with zero attached hydrogens (tertiary/aromatic N) is 1. The van der Waals surface area contributed by atoms with E-state index < -0.39 is 11.7 Å². The topological polar surface area (TPSA) is 34.1 Å². The lowest BCUT2D eigenvalue weighted by molar-refractivity contribution is -0.139. The number of thiazole rings is 1. The van der Waals surface area contributed by atoms with Gasteiger partial charge in [-0.2, -0.15) is 13.2 Å². The zero-order valence-electron chi connectivity index (χ0n) is 15.2. The Labute approximate surface area is 164 Å². The molecular weight excluding hydrogens is 392 g/mol. The van der Waals surface area contributed by atoms with Crippen LogP contribution < -0.4 is 10.1 Å². The van der Waals surface area contributed by atoms with Gasteiger partial charge in [0.1, 0.15) is 11.6 Å². The summed E-state index contributed by atoms with van der Waals surface area (Å²) in [4.78, 5) is 4.35. The number of hydrogen-bond donors (Lipinski definition) is 1. The fourth-order valence-electron chi connectivity index (χ4n) is 2.42. The molecule has 3 nitrogen and oxygen atoms in total. The average Bonchev–Trinajstić information content (AvgIpc) is 3.08. The molecule has 3 rings (SSSR count). The summed E-state index contributed by atoms with van der Waals surface area (Å²) in [5.74, 6) is -0.436. The number of aromatic nitrogens is 1. The van der Waals surface area contributed by atoms with Crippen molar-refractivity contribution in [3.8, 4) is 17.0 Å². The van der Waals surface area contributed by atoms with E-state index in [4.69, 9.17) is 4.74 Å². The zero-order valence-corrected chi connectivity index (χ0v) is 16.0. The summed E-state index contributed by atoms with van der Waals surface area (Å²) >= 11 is 1.25. The summed E-state index contributed by atoms with van der Waals surface area (Å²) in [6.45, 7) is 3.93. The van der Waals surface area contributed by atoms with Crippen LogP contribution >= 0.6 is 11.3 Å². The van der Waals surface area contributed by atoms with Gasteiger partial charge in [0, 0.05) is 16.6 Å². The third kappa shape index (κ3) is 5.01. The van der Waals surface area contributed by atoms with Gasteiger partial charge < -0.3 is 10.1 Å². The number of hydrogen-bond acceptors (Lipinski definition) is 4. The van der Waals surface area contributed by atoms with Crippen LogP contribution in [0.5, 0.6) is 5.75 Å². The van der Waals surface area contributed by atoms with Crippen molar-refractivity contribution in [1.82, 2.24) is 4.98 Å². The smallest absolute Gasteiger partial charge is 0.420 e. The minimum absolute atomic E-state index is 0.110. The van der Waals surface area contributed by atoms with E-state index in [1.807, 2.05) is 13.8 Å². The first kappa shape index (κ1) is 20.1. The molecule has 0 unspecified atom stereocenters. The summed E-state index contributed by atoms with van der Waals surface area (Å²) < 4.78 is 58.5. The molecule has 0 bridgehead atoms. The molecular formula is C20H18F4N2OS. The second-order valence-corrected chi connectivity index (χ2v) is 7.44. The van der Waals surface area contributed by atoms with Gasteiger partial charge in [0.05, 0.1) is 17.9 Å². The number of rotatable bonds is 6. The molecule has 0 atom stereocenters. The molecule has 0 aliphatic heterocycles. The van der Waals surface area contributed by atoms with Gasteiger partial charge in [-0.1, -0.05) is 13.8 Å². The quantitative estimate of drug-likeness (QED) is 0.457. The van der Waals surface area contributed by atoms with Crippen LogP contribution in [0.4, 0.5) is 28.4 Å². The van der Waals surface area contributed by atoms with E-state index in [1.54, 1.807) is 17.5 Å². The van der Waals surface area contributed by atoms with Gasteiger partial charge in [-0.15, -0.1) is 11.3 Å². The molecule has 0 spiro atoms. The Kier molecular flexibility index (Phi) is 5.88. The molecule has 0 radical (unpaired) electrons. The van der Waals surface area contributed by atoms with Gasteiger partial charge in [-0.25, -0.2) is 9.37 Å². The third-order valence-corrected chi connectivity index (χ3v) is 4.51. The van der Waals surface area contributed by atoms with Crippen molar-refractivity contribution in [2.45, 2.75) is 20.0 Å². The number of alkyl halides is 3. The molecule has 0 saturated carbocycles. The van der Waals surface area contributed by atoms with Crippen molar-refractivity contribution in [2.24, 2.45) is 5.92 Å². The monoisotopic (exact) mass is 410 g/mol. The number of benzene rings is 2. The van der Waals surface area contributed by atoms with Crippen LogP contribution in [0, 0.1) is 11.7 Å². The van der Waals surface area contributed by atoms with Crippen LogP contribution in [0.3, 0.4) is 0 Å². The molecule has 0 aliphatic carbocycles. The van der Waals surface area contributed by atoms with Gasteiger partial charge in [-0.3, -0.25) is 0 Å². The van der Waals surface area contributed by atoms with Crippen molar-refractivity contribution >= 4 is 22.2 Å². The number of halogens is 4. The summed E-state index contributed by atoms with van der Waals surface area (Å²) in [6.07, 6.45) is -4.54. The van der Waals surface area contributed by atoms with Gasteiger partial charge in [0.25, 0.3) is 0 Å². The van der Waals surface area contributed by atoms with Crippen LogP contribution in [0.25, 0.3) is 11.3 Å². The summed E-state index contributed by atoms with van der Waals surface area (Å²) in [6, 6.07) is 9.68. The van der Waals surface area contributed by atoms with Gasteiger partial charge in [-0.05, 0) is 48.4 Å². The van der Waals surface area contributed by atoms with E-state index in [2.05, 4.69) is 10.3 Å². The Morgan fingerprint density at radius 2 is 1.82 bits per heavy atom. The lowest BCUT2D eigenvalue weighted by Crippen LogP contribution is -2.12. The van der Waals surface area contributed by atoms with Crippen molar-refractivity contribution in [3.05, 3.63) is 59.2 Å². The molecule has 0 saturated heterocycles. The van der Waals surface area contributed by atoms with Gasteiger partial charge in [0.2, 0.25) is 0 Å². The average molecular weight is 410 g/mol. The van der Waals surface area contributed by atoms with Crippen LogP contribution in [0.15, 0.2) is 47.8 Å². The summed E-state index contributed by atoms with van der Waals surface area (Å²) in [5.41, 5.74) is 0.747. The first-order valence-electron chi connectivity index (χ1n) is 8.55. The van der Waals surface area contributed by atoms with Gasteiger partial charge in [0.15, 0.2) is 5.13 Å². The minimum Gasteiger partial charge on any atom is -0.493 e. The van der Waals surface area contributed by atoms with E-state index in [0.717, 1.165) is 11.6 Å². The second-order valence-electron chi connectivity index (χ2n) is 6.58. The van der Waals surface area contributed by atoms with E-state index in [-0.39, 0.29) is 29.8 Å². The maximum atomic E-state index is 13.4. The van der Waals surface area contributed by atoms with Crippen LogP contribution in [0.1, 0.15) is 19.4 Å². The maximum Gasteiger partial charge on any atom is 0.420 e. The standard InChI is InChI=1S/C20H18F4N2OS/c1-12(2)10-27-18-8-7-15(9-16(18)20(22,23)24)25-19-26-17(11-28-19)13-3-5-14(21)6-4-13/h3-9,11-12H,10H2,1-2H3,(H,25,26). The Morgan fingerprint density at radius 1 is 1.11 bits per heavy atom. The first-order chi connectivity index (χ1) is 13.2. The number of ether oxygens (including phenoxy) is 1. The molecule has 0 fully saturated rings. The molecule has 1 N–H and O–H groups in total. The molecule has 0 amide bonds. The highest BCUT2D eigenvalue weighted by molar-refractivity contribution is 7.14. The van der Waals surface area contributed by atoms with Crippen molar-refractivity contribution in [2.75, 3.05) is 11.9 Å². The normalized spacial score (nSPS) is 11.7. The Balaban J connectivity index is 1.81. The predicted molar refractivity (Wildman–Crippen MR) is 103 cm³/mol. The summed E-state index contributed by atoms with van der Waals surface area (Å²) in [5, 5.41) is 5.07. The fraction of sp³-hybridized carbons (Fsp3) is 0.250. The largest absolute Gasteiger partial charge is 0.493 e. The zero-order chi connectivity index (χ0) is 20.3. The molecule has 2 aromatic carbocycles. The van der Waals surface area contributed by atoms with Gasteiger partial charge >= 0.3 is 6.18 Å². The second kappa shape index (κ2) is 8.18. The Bertz CT molecular complexity index is 936. The first-order valence-corrected chi connectivity index (χ1v) is 9.43. The molecule has 8 heteroatoms. The lowest BCUT2D eigenvalue weighted by atomic mass is 10.1. The van der Waals surface area contributed by atoms with Crippen LogP contribution in [-0.4, -0.2) is 11.6 Å². The van der Waals surface area contributed by atoms with E-state index >= 15 is 0 Å². The van der Waals surface area contributed by atoms with Crippen LogP contribution in [-0.2, 0) is 6.18 Å². The third-order valence-electron chi connectivity index (χ3n) is 3.75. The number of nitrogens with one attached hydrogen (secondary N) is 1. The fourth-order valence-corrected chi connectivity index (χ4v) is 3.16. The molecule has 0 aliphatic rings. The highest BCUT2D eigenvalue weighted by Gasteiger charge is 2.35. The number of anilines is 2. The predicted octanol–water partition coefficient (Wildman–Crippen LogP) is 6.75. The van der Waals surface area contributed by atoms with Crippen molar-refractivity contribution in [1.29, 1.82) is 0 Å². The van der Waals surface area contributed by atoms with E-state index in [0.29, 0.717) is 10.8 Å². The Hall–Kier alpha value is -2.61. The highest BCUT2D eigenvalue weighted by Crippen LogP contribution is 2.39. The minimum atomic E-state index is -4.54. The van der Waals surface area contributed by atoms with Crippen molar-refractivity contribution < 1.29 is 22.3 Å². The molecule has 1 heterocycles. The SMILES string of the molecule is CC(C)COc1ccc(Nc2nc(-c3ccc(F)cc3)cs2)cc1C(F)(F)F. The molecule has 1 aromatic heterocycles. The molecule has 3 aromatic rings. The molecule has 148 valence electrons. The van der Waals surface area contributed by atoms with E-state index in [9.17, 15) is 17.6 Å². The molecule has 28 heavy (non-hydrogen) atoms. The highest BCUT2D eigenvalue weighted by atomic mass is 32.1. The maximum absolute atomic E-state index is 13.4. The summed E-state index contributed by atoms with van der Waals surface area (Å²) in [7, 11) is 0. The Morgan fingerprint density at radius 3 is 2.46 bits per heavy atom. The van der Waals surface area contributed by atoms with E-state index in [1.165, 1.54) is 35.6 Å². The van der Waals surface area contributed by atoms with Crippen LogP contribution in [0.2, 0.25) is 0 Å². The van der Waals surface area contributed by atoms with Crippen molar-refractivity contribution in [3.63, 3.8) is 0 Å².